The maximum Gasteiger partial charge on any atom is 0.0149 e. The average molecular weight is 156 g/mol. The molecule has 1 rings (SSSR count). The Morgan fingerprint density at radius 1 is 1.50 bits per heavy atom. The molecule has 0 aromatic carbocycles. The second-order valence-corrected chi connectivity index (χ2v) is 4.15. The summed E-state index contributed by atoms with van der Waals surface area (Å²) in [5.74, 6) is 0.816. The molecule has 2 unspecified atom stereocenters. The fourth-order valence-corrected chi connectivity index (χ4v) is 2.44. The summed E-state index contributed by atoms with van der Waals surface area (Å²) in [7, 11) is 0. The zero-order chi connectivity index (χ0) is 7.40. The van der Waals surface area contributed by atoms with E-state index in [9.17, 15) is 0 Å². The van der Waals surface area contributed by atoms with Gasteiger partial charge in [-0.1, -0.05) is 32.8 Å². The molecule has 0 saturated heterocycles. The highest BCUT2D eigenvalue weighted by Crippen LogP contribution is 2.32. The Hall–Kier alpha value is 0.0900. The molecule has 0 aromatic rings. The van der Waals surface area contributed by atoms with Crippen LogP contribution in [0.4, 0.5) is 0 Å². The van der Waals surface area contributed by atoms with Gasteiger partial charge < -0.3 is 0 Å². The molecule has 0 fully saturated rings. The molecule has 2 atom stereocenters. The fourth-order valence-electron chi connectivity index (χ4n) is 1.25. The smallest absolute Gasteiger partial charge is 0.0149 e. The predicted molar refractivity (Wildman–Crippen MR) is 49.2 cm³/mol. The molecular weight excluding hydrogens is 140 g/mol. The summed E-state index contributed by atoms with van der Waals surface area (Å²) >= 11 is 2.01. The number of thioether (sulfide) groups is 1. The molecule has 0 radical (unpaired) electrons. The van der Waals surface area contributed by atoms with Gasteiger partial charge in [0.05, 0.1) is 0 Å². The van der Waals surface area contributed by atoms with Crippen LogP contribution in [-0.2, 0) is 0 Å². The standard InChI is InChI=1S/C9H16S/c1-3-4-5-9-8(2)6-7-10-9/h6-9H,3-5H2,1-2H3. The summed E-state index contributed by atoms with van der Waals surface area (Å²) in [4.78, 5) is 0. The van der Waals surface area contributed by atoms with E-state index in [4.69, 9.17) is 0 Å². The van der Waals surface area contributed by atoms with Crippen LogP contribution in [0.25, 0.3) is 0 Å². The largest absolute Gasteiger partial charge is 0.130 e. The van der Waals surface area contributed by atoms with Crippen LogP contribution >= 0.6 is 11.8 Å². The molecule has 10 heavy (non-hydrogen) atoms. The zero-order valence-corrected chi connectivity index (χ0v) is 7.66. The number of allylic oxidation sites excluding steroid dienone is 1. The van der Waals surface area contributed by atoms with Crippen molar-refractivity contribution >= 4 is 11.8 Å². The first-order valence-electron chi connectivity index (χ1n) is 4.16. The summed E-state index contributed by atoms with van der Waals surface area (Å²) in [5, 5.41) is 3.14. The molecule has 0 nitrogen and oxygen atoms in total. The first-order valence-corrected chi connectivity index (χ1v) is 5.11. The highest BCUT2D eigenvalue weighted by molar-refractivity contribution is 8.03. The maximum atomic E-state index is 2.32. The molecule has 0 spiro atoms. The van der Waals surface area contributed by atoms with Crippen LogP contribution in [-0.4, -0.2) is 5.25 Å². The van der Waals surface area contributed by atoms with Gasteiger partial charge in [0.1, 0.15) is 0 Å². The second-order valence-electron chi connectivity index (χ2n) is 3.00. The Kier molecular flexibility index (Phi) is 3.33. The van der Waals surface area contributed by atoms with Gasteiger partial charge >= 0.3 is 0 Å². The molecule has 1 heterocycles. The third-order valence-electron chi connectivity index (χ3n) is 2.06. The van der Waals surface area contributed by atoms with Gasteiger partial charge in [0.2, 0.25) is 0 Å². The van der Waals surface area contributed by atoms with Crippen molar-refractivity contribution in [1.29, 1.82) is 0 Å². The minimum Gasteiger partial charge on any atom is -0.130 e. The van der Waals surface area contributed by atoms with E-state index in [1.807, 2.05) is 11.8 Å². The topological polar surface area (TPSA) is 0 Å². The van der Waals surface area contributed by atoms with Gasteiger partial charge in [0.15, 0.2) is 0 Å². The van der Waals surface area contributed by atoms with E-state index >= 15 is 0 Å². The Bertz CT molecular complexity index is 118. The Morgan fingerprint density at radius 3 is 2.80 bits per heavy atom. The summed E-state index contributed by atoms with van der Waals surface area (Å²) in [6, 6.07) is 0. The van der Waals surface area contributed by atoms with E-state index in [1.54, 1.807) is 0 Å². The molecule has 0 aliphatic carbocycles. The Morgan fingerprint density at radius 2 is 2.30 bits per heavy atom. The van der Waals surface area contributed by atoms with Crippen LogP contribution in [0.2, 0.25) is 0 Å². The second kappa shape index (κ2) is 4.07. The van der Waals surface area contributed by atoms with Gasteiger partial charge in [0.25, 0.3) is 0 Å². The molecule has 1 aliphatic rings. The summed E-state index contributed by atoms with van der Waals surface area (Å²) in [6.45, 7) is 4.58. The third kappa shape index (κ3) is 2.05. The number of rotatable bonds is 3. The lowest BCUT2D eigenvalue weighted by molar-refractivity contribution is 0.600. The summed E-state index contributed by atoms with van der Waals surface area (Å²) in [5.41, 5.74) is 0. The zero-order valence-electron chi connectivity index (χ0n) is 6.84. The molecular formula is C9H16S. The molecule has 0 aromatic heterocycles. The molecule has 0 bridgehead atoms. The van der Waals surface area contributed by atoms with Crippen LogP contribution < -0.4 is 0 Å². The lowest BCUT2D eigenvalue weighted by Gasteiger charge is -2.12. The van der Waals surface area contributed by atoms with Crippen molar-refractivity contribution in [2.75, 3.05) is 0 Å². The van der Waals surface area contributed by atoms with Crippen molar-refractivity contribution < 1.29 is 0 Å². The minimum atomic E-state index is 0.816. The molecule has 1 heteroatoms. The highest BCUT2D eigenvalue weighted by Gasteiger charge is 2.17. The first-order chi connectivity index (χ1) is 4.84. The normalized spacial score (nSPS) is 31.4. The summed E-state index contributed by atoms with van der Waals surface area (Å²) in [6.07, 6.45) is 6.45. The molecule has 0 amide bonds. The SMILES string of the molecule is CCCCC1SC=CC1C. The van der Waals surface area contributed by atoms with Crippen LogP contribution in [0.3, 0.4) is 0 Å². The monoisotopic (exact) mass is 156 g/mol. The number of hydrogen-bond acceptors (Lipinski definition) is 1. The third-order valence-corrected chi connectivity index (χ3v) is 3.39. The van der Waals surface area contributed by atoms with E-state index in [2.05, 4.69) is 25.3 Å². The van der Waals surface area contributed by atoms with Gasteiger partial charge in [-0.05, 0) is 17.7 Å². The molecule has 58 valence electrons. The van der Waals surface area contributed by atoms with Gasteiger partial charge in [-0.2, -0.15) is 0 Å². The van der Waals surface area contributed by atoms with E-state index in [-0.39, 0.29) is 0 Å². The highest BCUT2D eigenvalue weighted by atomic mass is 32.2. The van der Waals surface area contributed by atoms with Gasteiger partial charge in [-0.3, -0.25) is 0 Å². The van der Waals surface area contributed by atoms with Crippen LogP contribution in [0.15, 0.2) is 11.5 Å². The van der Waals surface area contributed by atoms with Gasteiger partial charge in [0, 0.05) is 5.25 Å². The lowest BCUT2D eigenvalue weighted by Crippen LogP contribution is -2.06. The minimum absolute atomic E-state index is 0.816. The molecule has 0 saturated carbocycles. The van der Waals surface area contributed by atoms with E-state index in [1.165, 1.54) is 19.3 Å². The van der Waals surface area contributed by atoms with Crippen molar-refractivity contribution in [2.45, 2.75) is 38.4 Å². The molecule has 1 aliphatic heterocycles. The van der Waals surface area contributed by atoms with Crippen LogP contribution in [0.5, 0.6) is 0 Å². The Balaban J connectivity index is 2.17. The predicted octanol–water partition coefficient (Wildman–Crippen LogP) is 3.44. The average Bonchev–Trinajstić information content (AvgIpc) is 2.31. The lowest BCUT2D eigenvalue weighted by atomic mass is 10.0. The van der Waals surface area contributed by atoms with E-state index < -0.39 is 0 Å². The fraction of sp³-hybridized carbons (Fsp3) is 0.778. The van der Waals surface area contributed by atoms with Crippen LogP contribution in [0.1, 0.15) is 33.1 Å². The quantitative estimate of drug-likeness (QED) is 0.603. The van der Waals surface area contributed by atoms with Crippen molar-refractivity contribution in [3.05, 3.63) is 11.5 Å². The van der Waals surface area contributed by atoms with Crippen LogP contribution in [0, 0.1) is 5.92 Å². The van der Waals surface area contributed by atoms with E-state index in [0.29, 0.717) is 0 Å². The van der Waals surface area contributed by atoms with Crippen molar-refractivity contribution in [3.8, 4) is 0 Å². The maximum absolute atomic E-state index is 2.32. The first kappa shape index (κ1) is 8.19. The number of hydrogen-bond donors (Lipinski definition) is 0. The van der Waals surface area contributed by atoms with Crippen molar-refractivity contribution in [3.63, 3.8) is 0 Å². The van der Waals surface area contributed by atoms with Gasteiger partial charge in [-0.25, -0.2) is 0 Å². The summed E-state index contributed by atoms with van der Waals surface area (Å²) < 4.78 is 0. The Labute approximate surface area is 68.1 Å². The van der Waals surface area contributed by atoms with E-state index in [0.717, 1.165) is 11.2 Å². The van der Waals surface area contributed by atoms with Crippen molar-refractivity contribution in [1.82, 2.24) is 0 Å². The van der Waals surface area contributed by atoms with Crippen molar-refractivity contribution in [2.24, 2.45) is 5.92 Å². The number of unbranched alkanes of at least 4 members (excludes halogenated alkanes) is 1. The molecule has 0 N–H and O–H groups in total. The van der Waals surface area contributed by atoms with Gasteiger partial charge in [-0.15, -0.1) is 11.8 Å².